The summed E-state index contributed by atoms with van der Waals surface area (Å²) in [6, 6.07) is 12.6. The van der Waals surface area contributed by atoms with Crippen LogP contribution in [0.3, 0.4) is 0 Å². The minimum Gasteiger partial charge on any atom is -0.480 e. The summed E-state index contributed by atoms with van der Waals surface area (Å²) in [5.41, 5.74) is 2.32. The third-order valence-electron chi connectivity index (χ3n) is 6.21. The number of methoxy groups -OCH3 is 1. The molecule has 3 aromatic heterocycles. The van der Waals surface area contributed by atoms with Gasteiger partial charge in [0.05, 0.1) is 36.6 Å². The van der Waals surface area contributed by atoms with Gasteiger partial charge in [-0.3, -0.25) is 0 Å². The van der Waals surface area contributed by atoms with Crippen molar-refractivity contribution in [2.75, 3.05) is 17.1 Å². The molecule has 0 unspecified atom stereocenters. The zero-order chi connectivity index (χ0) is 25.8. The zero-order valence-corrected chi connectivity index (χ0v) is 21.1. The fourth-order valence-corrected chi connectivity index (χ4v) is 5.46. The van der Waals surface area contributed by atoms with E-state index in [0.29, 0.717) is 17.1 Å². The number of hydrogen-bond acceptors (Lipinski definition) is 9. The van der Waals surface area contributed by atoms with Gasteiger partial charge in [0.2, 0.25) is 17.7 Å². The molecule has 192 valence electrons. The lowest BCUT2D eigenvalue weighted by Crippen LogP contribution is -2.15. The first-order valence-electron chi connectivity index (χ1n) is 11.9. The van der Waals surface area contributed by atoms with Gasteiger partial charge in [0, 0.05) is 17.5 Å². The topological polar surface area (TPSA) is 132 Å². The third kappa shape index (κ3) is 5.51. The maximum absolute atomic E-state index is 13.2. The van der Waals surface area contributed by atoms with E-state index >= 15 is 0 Å². The van der Waals surface area contributed by atoms with Crippen LogP contribution in [0.4, 0.5) is 11.6 Å². The summed E-state index contributed by atoms with van der Waals surface area (Å²) < 4.78 is 45.2. The summed E-state index contributed by atoms with van der Waals surface area (Å²) in [5, 5.41) is 7.09. The number of rotatable bonds is 9. The van der Waals surface area contributed by atoms with Crippen LogP contribution in [0.5, 0.6) is 5.88 Å². The molecule has 10 nitrogen and oxygen atoms in total. The molecular formula is C26H27N5O5S. The van der Waals surface area contributed by atoms with Crippen LogP contribution in [0, 0.1) is 0 Å². The summed E-state index contributed by atoms with van der Waals surface area (Å²) in [5.74, 6) is 1.09. The summed E-state index contributed by atoms with van der Waals surface area (Å²) >= 11 is 0. The predicted octanol–water partition coefficient (Wildman–Crippen LogP) is 5.66. The molecule has 11 heteroatoms. The zero-order valence-electron chi connectivity index (χ0n) is 20.3. The maximum atomic E-state index is 13.2. The minimum absolute atomic E-state index is 0.0404. The molecule has 1 saturated carbocycles. The van der Waals surface area contributed by atoms with Gasteiger partial charge in [-0.2, -0.15) is 0 Å². The Kier molecular flexibility index (Phi) is 6.95. The van der Waals surface area contributed by atoms with Gasteiger partial charge >= 0.3 is 0 Å². The van der Waals surface area contributed by atoms with Crippen LogP contribution in [0.15, 0.2) is 75.3 Å². The summed E-state index contributed by atoms with van der Waals surface area (Å²) in [7, 11) is -2.76. The highest BCUT2D eigenvalue weighted by atomic mass is 32.2. The second-order valence-corrected chi connectivity index (χ2v) is 10.4. The van der Waals surface area contributed by atoms with Gasteiger partial charge in [-0.15, -0.1) is 0 Å². The molecule has 1 fully saturated rings. The van der Waals surface area contributed by atoms with Crippen LogP contribution in [0.25, 0.3) is 17.0 Å². The van der Waals surface area contributed by atoms with Gasteiger partial charge in [0.25, 0.3) is 10.0 Å². The van der Waals surface area contributed by atoms with Crippen molar-refractivity contribution in [2.45, 2.75) is 42.9 Å². The van der Waals surface area contributed by atoms with Crippen molar-refractivity contribution in [3.05, 3.63) is 73.0 Å². The molecule has 2 N–H and O–H groups in total. The standard InChI is InChI=1S/C26H27N5O5S/c1-17(25-28-16-22(35-25)19-11-7-4-8-12-19)29-20-13-23(26(34-2)27-15-20)37(32,33)31-24-14-21(30-36-24)18-9-5-3-6-10-18/h4,7-8,11-16,18,29,31H,1,3,5-6,9-10H2,2H3. The van der Waals surface area contributed by atoms with E-state index in [2.05, 4.69) is 31.7 Å². The Morgan fingerprint density at radius 2 is 1.86 bits per heavy atom. The molecule has 5 rings (SSSR count). The highest BCUT2D eigenvalue weighted by molar-refractivity contribution is 7.92. The van der Waals surface area contributed by atoms with Crippen molar-refractivity contribution < 1.29 is 22.1 Å². The first-order chi connectivity index (χ1) is 17.9. The first-order valence-corrected chi connectivity index (χ1v) is 13.4. The molecule has 37 heavy (non-hydrogen) atoms. The van der Waals surface area contributed by atoms with E-state index in [4.69, 9.17) is 13.7 Å². The molecule has 0 aliphatic heterocycles. The largest absolute Gasteiger partial charge is 0.480 e. The van der Waals surface area contributed by atoms with E-state index in [1.54, 1.807) is 12.3 Å². The van der Waals surface area contributed by atoms with E-state index in [0.717, 1.165) is 36.9 Å². The van der Waals surface area contributed by atoms with Crippen LogP contribution in [0.2, 0.25) is 0 Å². The van der Waals surface area contributed by atoms with Crippen LogP contribution in [0.1, 0.15) is 49.6 Å². The Hall–Kier alpha value is -4.12. The van der Waals surface area contributed by atoms with Crippen molar-refractivity contribution in [1.82, 2.24) is 15.1 Å². The Morgan fingerprint density at radius 3 is 2.62 bits per heavy atom. The average Bonchev–Trinajstić information content (AvgIpc) is 3.60. The lowest BCUT2D eigenvalue weighted by Gasteiger charge is -2.18. The van der Waals surface area contributed by atoms with Crippen LogP contribution < -0.4 is 14.8 Å². The third-order valence-corrected chi connectivity index (χ3v) is 7.55. The first kappa shape index (κ1) is 24.6. The van der Waals surface area contributed by atoms with Crippen LogP contribution in [-0.4, -0.2) is 30.7 Å². The van der Waals surface area contributed by atoms with Crippen molar-refractivity contribution in [3.8, 4) is 17.2 Å². The maximum Gasteiger partial charge on any atom is 0.269 e. The number of pyridine rings is 1. The van der Waals surface area contributed by atoms with Gasteiger partial charge in [0.1, 0.15) is 0 Å². The van der Waals surface area contributed by atoms with Crippen molar-refractivity contribution in [3.63, 3.8) is 0 Å². The van der Waals surface area contributed by atoms with E-state index in [9.17, 15) is 8.42 Å². The van der Waals surface area contributed by atoms with Crippen molar-refractivity contribution >= 4 is 27.3 Å². The van der Waals surface area contributed by atoms with Crippen molar-refractivity contribution in [1.29, 1.82) is 0 Å². The molecule has 0 spiro atoms. The van der Waals surface area contributed by atoms with Gasteiger partial charge in [-0.05, 0) is 18.9 Å². The Labute approximate surface area is 214 Å². The summed E-state index contributed by atoms with van der Waals surface area (Å²) in [4.78, 5) is 8.23. The van der Waals surface area contributed by atoms with E-state index in [1.165, 1.54) is 25.8 Å². The number of ether oxygens (including phenoxy) is 1. The second-order valence-electron chi connectivity index (χ2n) is 8.79. The summed E-state index contributed by atoms with van der Waals surface area (Å²) in [6.07, 6.45) is 8.54. The van der Waals surface area contributed by atoms with E-state index < -0.39 is 10.0 Å². The number of oxazole rings is 1. The second kappa shape index (κ2) is 10.5. The molecule has 3 heterocycles. The van der Waals surface area contributed by atoms with E-state index in [1.807, 2.05) is 30.3 Å². The lowest BCUT2D eigenvalue weighted by atomic mass is 9.87. The molecule has 0 bridgehead atoms. The van der Waals surface area contributed by atoms with Gasteiger partial charge in [-0.25, -0.2) is 23.1 Å². The quantitative estimate of drug-likeness (QED) is 0.286. The molecule has 0 amide bonds. The van der Waals surface area contributed by atoms with E-state index in [-0.39, 0.29) is 28.5 Å². The highest BCUT2D eigenvalue weighted by Gasteiger charge is 2.25. The molecule has 0 saturated heterocycles. The Bertz CT molecular complexity index is 1490. The van der Waals surface area contributed by atoms with Gasteiger partial charge < -0.3 is 19.0 Å². The predicted molar refractivity (Wildman–Crippen MR) is 139 cm³/mol. The Morgan fingerprint density at radius 1 is 1.08 bits per heavy atom. The van der Waals surface area contributed by atoms with Crippen LogP contribution in [-0.2, 0) is 10.0 Å². The molecule has 1 aliphatic carbocycles. The normalized spacial score (nSPS) is 14.3. The number of benzene rings is 1. The smallest absolute Gasteiger partial charge is 0.269 e. The number of sulfonamides is 1. The number of aromatic nitrogens is 3. The monoisotopic (exact) mass is 521 g/mol. The van der Waals surface area contributed by atoms with Crippen LogP contribution >= 0.6 is 0 Å². The lowest BCUT2D eigenvalue weighted by molar-refractivity contribution is 0.384. The van der Waals surface area contributed by atoms with Gasteiger partial charge in [0.15, 0.2) is 10.7 Å². The number of nitrogens with one attached hydrogen (secondary N) is 2. The summed E-state index contributed by atoms with van der Waals surface area (Å²) in [6.45, 7) is 3.96. The number of anilines is 2. The fourth-order valence-electron chi connectivity index (χ4n) is 4.34. The SMILES string of the molecule is C=C(Nc1cnc(OC)c(S(=O)(=O)Nc2cc(C3CCCCC3)no2)c1)c1ncc(-c2ccccc2)o1. The Balaban J connectivity index is 1.33. The molecule has 4 aromatic rings. The molecule has 1 aliphatic rings. The average molecular weight is 522 g/mol. The van der Waals surface area contributed by atoms with Gasteiger partial charge in [-0.1, -0.05) is 61.3 Å². The number of nitrogens with zero attached hydrogens (tertiary/aromatic N) is 3. The minimum atomic E-state index is -4.11. The fraction of sp³-hybridized carbons (Fsp3) is 0.269. The number of hydrogen-bond donors (Lipinski definition) is 2. The molecule has 1 aromatic carbocycles. The molecule has 0 radical (unpaired) electrons. The van der Waals surface area contributed by atoms with Crippen molar-refractivity contribution in [2.24, 2.45) is 0 Å². The molecule has 0 atom stereocenters. The highest BCUT2D eigenvalue weighted by Crippen LogP contribution is 2.34. The molecular weight excluding hydrogens is 494 g/mol.